The molecule has 0 saturated carbocycles. The second-order valence-electron chi connectivity index (χ2n) is 4.70. The monoisotopic (exact) mass is 283 g/mol. The highest BCUT2D eigenvalue weighted by atomic mass is 32.2. The molecule has 1 saturated heterocycles. The third-order valence-electron chi connectivity index (χ3n) is 3.31. The predicted molar refractivity (Wildman–Crippen MR) is 72.0 cm³/mol. The Balaban J connectivity index is 2.06. The maximum atomic E-state index is 12.0. The molecule has 1 fully saturated rings. The molecule has 0 aliphatic carbocycles. The second-order valence-corrected chi connectivity index (χ2v) is 6.26. The van der Waals surface area contributed by atoms with Crippen LogP contribution in [-0.4, -0.2) is 26.9 Å². The molecule has 0 aromatic heterocycles. The molecule has 2 atom stereocenters. The first-order chi connectivity index (χ1) is 8.88. The molecule has 0 spiro atoms. The van der Waals surface area contributed by atoms with Gasteiger partial charge < -0.3 is 10.6 Å². The highest BCUT2D eigenvalue weighted by molar-refractivity contribution is 7.89. The van der Waals surface area contributed by atoms with Crippen molar-refractivity contribution in [3.05, 3.63) is 24.3 Å². The van der Waals surface area contributed by atoms with Crippen LogP contribution in [0.1, 0.15) is 13.3 Å². The molecular weight excluding hydrogens is 266 g/mol. The fourth-order valence-electron chi connectivity index (χ4n) is 2.18. The first-order valence-electron chi connectivity index (χ1n) is 6.05. The Morgan fingerprint density at radius 2 is 2.00 bits per heavy atom. The van der Waals surface area contributed by atoms with Crippen LogP contribution in [0.25, 0.3) is 0 Å². The van der Waals surface area contributed by atoms with Crippen molar-refractivity contribution < 1.29 is 13.2 Å². The van der Waals surface area contributed by atoms with E-state index in [-0.39, 0.29) is 22.8 Å². The normalized spacial score (nSPS) is 23.3. The van der Waals surface area contributed by atoms with E-state index in [1.165, 1.54) is 24.3 Å². The zero-order valence-corrected chi connectivity index (χ0v) is 11.4. The van der Waals surface area contributed by atoms with Crippen LogP contribution in [-0.2, 0) is 14.8 Å². The van der Waals surface area contributed by atoms with Gasteiger partial charge in [0.1, 0.15) is 0 Å². The van der Waals surface area contributed by atoms with E-state index in [9.17, 15) is 13.2 Å². The van der Waals surface area contributed by atoms with Gasteiger partial charge in [-0.1, -0.05) is 0 Å². The predicted octanol–water partition coefficient (Wildman–Crippen LogP) is 0.271. The number of anilines is 1. The van der Waals surface area contributed by atoms with Crippen molar-refractivity contribution in [1.82, 2.24) is 5.32 Å². The standard InChI is InChI=1S/C12H17N3O3S/c1-8-11(6-7-14-8)12(16)15-9-2-4-10(5-3-9)19(13,17)18/h2-5,8,11,14H,6-7H2,1H3,(H,15,16)(H2,13,17,18). The zero-order chi connectivity index (χ0) is 14.0. The zero-order valence-electron chi connectivity index (χ0n) is 10.6. The van der Waals surface area contributed by atoms with Gasteiger partial charge in [-0.15, -0.1) is 0 Å². The lowest BCUT2D eigenvalue weighted by Gasteiger charge is -2.15. The average molecular weight is 283 g/mol. The molecule has 1 heterocycles. The van der Waals surface area contributed by atoms with E-state index < -0.39 is 10.0 Å². The molecule has 19 heavy (non-hydrogen) atoms. The Bertz CT molecular complexity index is 568. The van der Waals surface area contributed by atoms with Crippen molar-refractivity contribution in [3.63, 3.8) is 0 Å². The molecule has 0 bridgehead atoms. The molecule has 0 radical (unpaired) electrons. The lowest BCUT2D eigenvalue weighted by molar-refractivity contribution is -0.120. The van der Waals surface area contributed by atoms with Gasteiger partial charge in [0.25, 0.3) is 0 Å². The first-order valence-corrected chi connectivity index (χ1v) is 7.59. The topological polar surface area (TPSA) is 101 Å². The summed E-state index contributed by atoms with van der Waals surface area (Å²) in [5.41, 5.74) is 0.566. The van der Waals surface area contributed by atoms with E-state index in [1.54, 1.807) is 0 Å². The summed E-state index contributed by atoms with van der Waals surface area (Å²) in [5.74, 6) is -0.112. The summed E-state index contributed by atoms with van der Waals surface area (Å²) < 4.78 is 22.2. The molecule has 104 valence electrons. The van der Waals surface area contributed by atoms with Crippen molar-refractivity contribution in [3.8, 4) is 0 Å². The Morgan fingerprint density at radius 1 is 1.37 bits per heavy atom. The third kappa shape index (κ3) is 3.31. The molecule has 2 unspecified atom stereocenters. The molecule has 7 heteroatoms. The molecule has 4 N–H and O–H groups in total. The number of hydrogen-bond acceptors (Lipinski definition) is 4. The van der Waals surface area contributed by atoms with Gasteiger partial charge >= 0.3 is 0 Å². The quantitative estimate of drug-likeness (QED) is 0.741. The van der Waals surface area contributed by atoms with E-state index in [4.69, 9.17) is 5.14 Å². The fraction of sp³-hybridized carbons (Fsp3) is 0.417. The Labute approximate surface area is 112 Å². The average Bonchev–Trinajstić information content (AvgIpc) is 2.75. The van der Waals surface area contributed by atoms with Crippen LogP contribution >= 0.6 is 0 Å². The molecule has 2 rings (SSSR count). The number of rotatable bonds is 3. The number of carbonyl (C=O) groups is 1. The lowest BCUT2D eigenvalue weighted by atomic mass is 10.0. The van der Waals surface area contributed by atoms with Gasteiger partial charge in [-0.25, -0.2) is 13.6 Å². The van der Waals surface area contributed by atoms with Crippen LogP contribution in [0.4, 0.5) is 5.69 Å². The number of nitrogens with two attached hydrogens (primary N) is 1. The molecule has 1 aromatic carbocycles. The van der Waals surface area contributed by atoms with Gasteiger partial charge in [-0.05, 0) is 44.2 Å². The Morgan fingerprint density at radius 3 is 2.47 bits per heavy atom. The van der Waals surface area contributed by atoms with Crippen molar-refractivity contribution in [1.29, 1.82) is 0 Å². The number of nitrogens with one attached hydrogen (secondary N) is 2. The SMILES string of the molecule is CC1NCCC1C(=O)Nc1ccc(S(N)(=O)=O)cc1. The van der Waals surface area contributed by atoms with Crippen molar-refractivity contribution in [2.75, 3.05) is 11.9 Å². The number of benzene rings is 1. The number of primary sulfonamides is 1. The molecule has 1 aliphatic rings. The summed E-state index contributed by atoms with van der Waals surface area (Å²) in [5, 5.41) is 11.0. The van der Waals surface area contributed by atoms with Crippen LogP contribution in [0.3, 0.4) is 0 Å². The minimum Gasteiger partial charge on any atom is -0.326 e. The molecule has 1 amide bonds. The highest BCUT2D eigenvalue weighted by Crippen LogP contribution is 2.19. The van der Waals surface area contributed by atoms with Crippen LogP contribution in [0, 0.1) is 5.92 Å². The van der Waals surface area contributed by atoms with E-state index in [0.29, 0.717) is 5.69 Å². The summed E-state index contributed by atoms with van der Waals surface area (Å²) in [6, 6.07) is 5.97. The van der Waals surface area contributed by atoms with Crippen molar-refractivity contribution in [2.45, 2.75) is 24.3 Å². The highest BCUT2D eigenvalue weighted by Gasteiger charge is 2.29. The van der Waals surface area contributed by atoms with E-state index in [2.05, 4.69) is 10.6 Å². The maximum absolute atomic E-state index is 12.0. The summed E-state index contributed by atoms with van der Waals surface area (Å²) in [4.78, 5) is 12.0. The van der Waals surface area contributed by atoms with Gasteiger partial charge in [0, 0.05) is 11.7 Å². The van der Waals surface area contributed by atoms with Gasteiger partial charge in [0.2, 0.25) is 15.9 Å². The summed E-state index contributed by atoms with van der Waals surface area (Å²) in [6.45, 7) is 2.81. The van der Waals surface area contributed by atoms with Gasteiger partial charge in [-0.3, -0.25) is 4.79 Å². The third-order valence-corrected chi connectivity index (χ3v) is 4.24. The van der Waals surface area contributed by atoms with Gasteiger partial charge in [0.15, 0.2) is 0 Å². The number of amides is 1. The smallest absolute Gasteiger partial charge is 0.238 e. The van der Waals surface area contributed by atoms with Crippen LogP contribution in [0.2, 0.25) is 0 Å². The first kappa shape index (κ1) is 14.0. The molecule has 6 nitrogen and oxygen atoms in total. The van der Waals surface area contributed by atoms with Crippen molar-refractivity contribution in [2.24, 2.45) is 11.1 Å². The Kier molecular flexibility index (Phi) is 3.88. The molecule has 1 aliphatic heterocycles. The Hall–Kier alpha value is -1.44. The van der Waals surface area contributed by atoms with Crippen LogP contribution in [0.15, 0.2) is 29.2 Å². The lowest BCUT2D eigenvalue weighted by Crippen LogP contribution is -2.32. The minimum atomic E-state index is -3.70. The fourth-order valence-corrected chi connectivity index (χ4v) is 2.70. The van der Waals surface area contributed by atoms with Gasteiger partial charge in [-0.2, -0.15) is 0 Å². The van der Waals surface area contributed by atoms with E-state index in [1.807, 2.05) is 6.92 Å². The minimum absolute atomic E-state index is 0.0291. The van der Waals surface area contributed by atoms with Gasteiger partial charge in [0.05, 0.1) is 10.8 Å². The largest absolute Gasteiger partial charge is 0.326 e. The summed E-state index contributed by atoms with van der Waals surface area (Å²) in [7, 11) is -3.70. The molecular formula is C12H17N3O3S. The van der Waals surface area contributed by atoms with Crippen LogP contribution < -0.4 is 15.8 Å². The van der Waals surface area contributed by atoms with E-state index in [0.717, 1.165) is 13.0 Å². The second kappa shape index (κ2) is 5.28. The number of carbonyl (C=O) groups excluding carboxylic acids is 1. The summed E-state index contributed by atoms with van der Waals surface area (Å²) in [6.07, 6.45) is 0.808. The number of sulfonamides is 1. The van der Waals surface area contributed by atoms with Crippen LogP contribution in [0.5, 0.6) is 0 Å². The number of hydrogen-bond donors (Lipinski definition) is 3. The summed E-state index contributed by atoms with van der Waals surface area (Å²) >= 11 is 0. The van der Waals surface area contributed by atoms with E-state index >= 15 is 0 Å². The molecule has 1 aromatic rings. The van der Waals surface area contributed by atoms with Crippen molar-refractivity contribution >= 4 is 21.6 Å². The maximum Gasteiger partial charge on any atom is 0.238 e.